The van der Waals surface area contributed by atoms with Crippen molar-refractivity contribution in [1.82, 2.24) is 0 Å². The summed E-state index contributed by atoms with van der Waals surface area (Å²) in [6.45, 7) is 2.13. The number of hydrogen-bond acceptors (Lipinski definition) is 2. The molecule has 0 spiro atoms. The molecule has 1 unspecified atom stereocenters. The van der Waals surface area contributed by atoms with E-state index in [0.29, 0.717) is 0 Å². The first-order valence-corrected chi connectivity index (χ1v) is 6.08. The average molecular weight is 208 g/mol. The fraction of sp³-hybridized carbons (Fsp3) is 0.500. The van der Waals surface area contributed by atoms with E-state index in [0.717, 1.165) is 19.3 Å². The Morgan fingerprint density at radius 3 is 3.00 bits per heavy atom. The Bertz CT molecular complexity index is 338. The number of aliphatic hydroxyl groups excluding tert-OH is 1. The van der Waals surface area contributed by atoms with Crippen molar-refractivity contribution in [2.45, 2.75) is 38.7 Å². The number of thiophene rings is 1. The second kappa shape index (κ2) is 4.28. The van der Waals surface area contributed by atoms with Crippen molar-refractivity contribution in [2.75, 3.05) is 0 Å². The highest BCUT2D eigenvalue weighted by Gasteiger charge is 2.11. The Hall–Kier alpha value is -0.600. The minimum Gasteiger partial charge on any atom is -0.389 e. The van der Waals surface area contributed by atoms with Gasteiger partial charge in [0.05, 0.1) is 6.10 Å². The maximum Gasteiger partial charge on any atom is 0.0726 e. The molecular formula is C12H16OS. The summed E-state index contributed by atoms with van der Waals surface area (Å²) in [5.41, 5.74) is 2.65. The van der Waals surface area contributed by atoms with Crippen LogP contribution in [-0.2, 0) is 0 Å². The standard InChI is InChI=1S/C12H16OS/c1-9-6-11(8-14-9)10-4-2-3-5-12(13)7-10/h6-8,12-13H,2-5H2,1H3. The summed E-state index contributed by atoms with van der Waals surface area (Å²) >= 11 is 1.78. The van der Waals surface area contributed by atoms with Crippen molar-refractivity contribution >= 4 is 16.9 Å². The van der Waals surface area contributed by atoms with E-state index in [2.05, 4.69) is 18.4 Å². The predicted octanol–water partition coefficient (Wildman–Crippen LogP) is 3.37. The number of aliphatic hydroxyl groups is 1. The molecular weight excluding hydrogens is 192 g/mol. The van der Waals surface area contributed by atoms with Crippen molar-refractivity contribution < 1.29 is 5.11 Å². The lowest BCUT2D eigenvalue weighted by molar-refractivity contribution is 0.211. The van der Waals surface area contributed by atoms with Crippen LogP contribution in [0.2, 0.25) is 0 Å². The largest absolute Gasteiger partial charge is 0.389 e. The lowest BCUT2D eigenvalue weighted by Gasteiger charge is -2.03. The molecule has 14 heavy (non-hydrogen) atoms. The molecule has 1 N–H and O–H groups in total. The number of allylic oxidation sites excluding steroid dienone is 1. The van der Waals surface area contributed by atoms with Gasteiger partial charge in [-0.25, -0.2) is 0 Å². The Morgan fingerprint density at radius 1 is 1.43 bits per heavy atom. The normalized spacial score (nSPS) is 23.0. The first-order valence-electron chi connectivity index (χ1n) is 5.20. The zero-order valence-corrected chi connectivity index (χ0v) is 9.31. The molecule has 0 fully saturated rings. The van der Waals surface area contributed by atoms with Gasteiger partial charge < -0.3 is 5.11 Å². The maximum absolute atomic E-state index is 9.65. The highest BCUT2D eigenvalue weighted by Crippen LogP contribution is 2.28. The Morgan fingerprint density at radius 2 is 2.29 bits per heavy atom. The lowest BCUT2D eigenvalue weighted by atomic mass is 10.0. The molecule has 0 bridgehead atoms. The van der Waals surface area contributed by atoms with Gasteiger partial charge in [0.1, 0.15) is 0 Å². The predicted molar refractivity (Wildman–Crippen MR) is 61.5 cm³/mol. The molecule has 1 heterocycles. The van der Waals surface area contributed by atoms with Gasteiger partial charge in [0.25, 0.3) is 0 Å². The second-order valence-corrected chi connectivity index (χ2v) is 5.07. The molecule has 0 amide bonds. The van der Waals surface area contributed by atoms with E-state index in [-0.39, 0.29) is 6.10 Å². The van der Waals surface area contributed by atoms with E-state index in [4.69, 9.17) is 0 Å². The van der Waals surface area contributed by atoms with Gasteiger partial charge in [0, 0.05) is 4.88 Å². The van der Waals surface area contributed by atoms with Crippen LogP contribution >= 0.6 is 11.3 Å². The smallest absolute Gasteiger partial charge is 0.0726 e. The molecule has 0 aromatic carbocycles. The summed E-state index contributed by atoms with van der Waals surface area (Å²) < 4.78 is 0. The highest BCUT2D eigenvalue weighted by atomic mass is 32.1. The molecule has 2 heteroatoms. The molecule has 0 aliphatic heterocycles. The maximum atomic E-state index is 9.65. The fourth-order valence-corrected chi connectivity index (χ4v) is 2.65. The van der Waals surface area contributed by atoms with Crippen LogP contribution in [0.15, 0.2) is 17.5 Å². The van der Waals surface area contributed by atoms with E-state index in [1.807, 2.05) is 6.08 Å². The highest BCUT2D eigenvalue weighted by molar-refractivity contribution is 7.10. The number of hydrogen-bond donors (Lipinski definition) is 1. The minimum absolute atomic E-state index is 0.229. The third kappa shape index (κ3) is 2.25. The molecule has 1 nitrogen and oxygen atoms in total. The van der Waals surface area contributed by atoms with Gasteiger partial charge in [0.2, 0.25) is 0 Å². The van der Waals surface area contributed by atoms with Gasteiger partial charge in [-0.3, -0.25) is 0 Å². The van der Waals surface area contributed by atoms with Crippen molar-refractivity contribution in [3.05, 3.63) is 28.0 Å². The van der Waals surface area contributed by atoms with Crippen molar-refractivity contribution in [3.63, 3.8) is 0 Å². The lowest BCUT2D eigenvalue weighted by Crippen LogP contribution is -1.99. The molecule has 2 rings (SSSR count). The van der Waals surface area contributed by atoms with Crippen LogP contribution in [0.5, 0.6) is 0 Å². The first-order chi connectivity index (χ1) is 6.75. The molecule has 0 saturated carbocycles. The van der Waals surface area contributed by atoms with Crippen LogP contribution in [0.4, 0.5) is 0 Å². The zero-order chi connectivity index (χ0) is 9.97. The third-order valence-electron chi connectivity index (χ3n) is 2.69. The van der Waals surface area contributed by atoms with E-state index in [9.17, 15) is 5.11 Å². The van der Waals surface area contributed by atoms with Crippen LogP contribution in [-0.4, -0.2) is 11.2 Å². The molecule has 1 aromatic heterocycles. The van der Waals surface area contributed by atoms with Gasteiger partial charge in [-0.1, -0.05) is 12.5 Å². The van der Waals surface area contributed by atoms with Gasteiger partial charge >= 0.3 is 0 Å². The average Bonchev–Trinajstić information content (AvgIpc) is 2.45. The van der Waals surface area contributed by atoms with Crippen molar-refractivity contribution in [1.29, 1.82) is 0 Å². The third-order valence-corrected chi connectivity index (χ3v) is 3.55. The first kappa shape index (κ1) is 9.94. The van der Waals surface area contributed by atoms with Crippen LogP contribution < -0.4 is 0 Å². The molecule has 1 aliphatic carbocycles. The molecule has 1 aliphatic rings. The Kier molecular flexibility index (Phi) is 3.04. The van der Waals surface area contributed by atoms with Crippen LogP contribution in [0.1, 0.15) is 36.1 Å². The number of aryl methyl sites for hydroxylation is 1. The van der Waals surface area contributed by atoms with Crippen molar-refractivity contribution in [2.24, 2.45) is 0 Å². The summed E-state index contributed by atoms with van der Waals surface area (Å²) in [5, 5.41) is 11.8. The summed E-state index contributed by atoms with van der Waals surface area (Å²) in [6.07, 6.45) is 6.20. The summed E-state index contributed by atoms with van der Waals surface area (Å²) in [7, 11) is 0. The molecule has 1 aromatic rings. The quantitative estimate of drug-likeness (QED) is 0.750. The molecule has 0 saturated heterocycles. The number of rotatable bonds is 1. The molecule has 76 valence electrons. The van der Waals surface area contributed by atoms with Gasteiger partial charge in [-0.05, 0) is 48.8 Å². The van der Waals surface area contributed by atoms with Crippen LogP contribution in [0.25, 0.3) is 5.57 Å². The van der Waals surface area contributed by atoms with E-state index < -0.39 is 0 Å². The Labute approximate surface area is 89.1 Å². The van der Waals surface area contributed by atoms with Crippen LogP contribution in [0, 0.1) is 6.92 Å². The van der Waals surface area contributed by atoms with Gasteiger partial charge in [-0.2, -0.15) is 0 Å². The van der Waals surface area contributed by atoms with Crippen molar-refractivity contribution in [3.8, 4) is 0 Å². The van der Waals surface area contributed by atoms with E-state index in [1.54, 1.807) is 11.3 Å². The van der Waals surface area contributed by atoms with E-state index in [1.165, 1.54) is 22.4 Å². The minimum atomic E-state index is -0.229. The summed E-state index contributed by atoms with van der Waals surface area (Å²) in [5.74, 6) is 0. The zero-order valence-electron chi connectivity index (χ0n) is 8.49. The summed E-state index contributed by atoms with van der Waals surface area (Å²) in [4.78, 5) is 1.35. The molecule has 0 radical (unpaired) electrons. The van der Waals surface area contributed by atoms with Gasteiger partial charge in [0.15, 0.2) is 0 Å². The van der Waals surface area contributed by atoms with Gasteiger partial charge in [-0.15, -0.1) is 11.3 Å². The topological polar surface area (TPSA) is 20.2 Å². The van der Waals surface area contributed by atoms with Crippen LogP contribution in [0.3, 0.4) is 0 Å². The van der Waals surface area contributed by atoms with E-state index >= 15 is 0 Å². The SMILES string of the molecule is Cc1cc(C2=CC(O)CCCC2)cs1. The summed E-state index contributed by atoms with van der Waals surface area (Å²) in [6, 6.07) is 2.22. The fourth-order valence-electron chi connectivity index (χ4n) is 1.92. The second-order valence-electron chi connectivity index (χ2n) is 3.95. The Balaban J connectivity index is 2.23. The monoisotopic (exact) mass is 208 g/mol. The molecule has 1 atom stereocenters.